The van der Waals surface area contributed by atoms with E-state index in [-0.39, 0.29) is 60.8 Å². The highest BCUT2D eigenvalue weighted by Gasteiger charge is 2.73. The summed E-state index contributed by atoms with van der Waals surface area (Å²) in [6.45, 7) is 4.58. The summed E-state index contributed by atoms with van der Waals surface area (Å²) >= 11 is 0. The van der Waals surface area contributed by atoms with Gasteiger partial charge in [0.25, 0.3) is 17.7 Å². The number of methoxy groups -OCH3 is 1. The smallest absolute Gasteiger partial charge is 0.264 e. The number of piperidine rings is 1. The van der Waals surface area contributed by atoms with Crippen molar-refractivity contribution >= 4 is 90.6 Å². The highest BCUT2D eigenvalue weighted by Crippen LogP contribution is 2.68. The number of rotatable bonds is 18. The third-order valence-corrected chi connectivity index (χ3v) is 17.2. The van der Waals surface area contributed by atoms with E-state index < -0.39 is 58.7 Å². The molecular weight excluding hydrogens is 977 g/mol. The number of benzene rings is 4. The molecule has 20 nitrogen and oxygen atoms in total. The zero-order valence-electron chi connectivity index (χ0n) is 42.5. The summed E-state index contributed by atoms with van der Waals surface area (Å²) in [4.78, 5) is 95.0. The number of hydrogen-bond donors (Lipinski definition) is 4. The van der Waals surface area contributed by atoms with E-state index in [1.807, 2.05) is 36.2 Å². The second-order valence-electron chi connectivity index (χ2n) is 21.6. The summed E-state index contributed by atoms with van der Waals surface area (Å²) in [5.41, 5.74) is 4.32. The molecule has 4 bridgehead atoms. The second-order valence-corrected chi connectivity index (χ2v) is 21.6. The molecule has 1 unspecified atom stereocenters. The van der Waals surface area contributed by atoms with Crippen molar-refractivity contribution in [2.24, 2.45) is 5.41 Å². The van der Waals surface area contributed by atoms with Crippen LogP contribution >= 0.6 is 0 Å². The van der Waals surface area contributed by atoms with Gasteiger partial charge in [0.1, 0.15) is 18.4 Å². The Morgan fingerprint density at radius 1 is 0.816 bits per heavy atom. The molecule has 3 aliphatic carbocycles. The van der Waals surface area contributed by atoms with E-state index in [9.17, 15) is 33.6 Å². The first-order valence-corrected chi connectivity index (χ1v) is 26.2. The lowest BCUT2D eigenvalue weighted by Gasteiger charge is -2.70. The van der Waals surface area contributed by atoms with Crippen molar-refractivity contribution in [3.05, 3.63) is 89.0 Å². The molecule has 76 heavy (non-hydrogen) atoms. The summed E-state index contributed by atoms with van der Waals surface area (Å²) < 4.78 is 35.4. The van der Waals surface area contributed by atoms with Crippen LogP contribution in [0.25, 0.3) is 43.6 Å². The van der Waals surface area contributed by atoms with Gasteiger partial charge in [-0.3, -0.25) is 43.8 Å². The summed E-state index contributed by atoms with van der Waals surface area (Å²) in [5.74, 6) is -2.41. The third-order valence-electron chi connectivity index (χ3n) is 17.2. The normalized spacial score (nSPS) is 26.9. The largest absolute Gasteiger partial charge is 0.382 e. The number of ether oxygens (including phenoxy) is 5. The monoisotopic (exact) mass is 1030 g/mol. The number of likely N-dealkylation sites (N-methyl/N-ethyl adjacent to an activating group) is 1. The van der Waals surface area contributed by atoms with Crippen LogP contribution in [0.15, 0.2) is 66.7 Å². The average Bonchev–Trinajstić information content (AvgIpc) is 4.10. The number of anilines is 1. The molecule has 394 valence electrons. The van der Waals surface area contributed by atoms with E-state index in [0.29, 0.717) is 83.1 Å². The van der Waals surface area contributed by atoms with Gasteiger partial charge in [-0.15, -0.1) is 0 Å². The van der Waals surface area contributed by atoms with Crippen molar-refractivity contribution in [2.45, 2.75) is 94.1 Å². The molecule has 5 atom stereocenters. The van der Waals surface area contributed by atoms with E-state index in [4.69, 9.17) is 23.7 Å². The lowest BCUT2D eigenvalue weighted by Crippen LogP contribution is -2.79. The number of carbonyl (C=O) groups is 7. The van der Waals surface area contributed by atoms with Crippen LogP contribution in [0, 0.1) is 5.41 Å². The average molecular weight is 1040 g/mol. The fourth-order valence-electron chi connectivity index (χ4n) is 14.0. The molecule has 5 fully saturated rings. The second kappa shape index (κ2) is 17.9. The molecule has 3 saturated carbocycles. The Kier molecular flexibility index (Phi) is 11.4. The molecule has 4 aromatic carbocycles. The molecule has 7 amide bonds. The molecule has 20 heteroatoms. The highest BCUT2D eigenvalue weighted by atomic mass is 16.6. The molecule has 0 radical (unpaired) electrons. The number of imide groups is 2. The van der Waals surface area contributed by atoms with Gasteiger partial charge in [-0.05, 0) is 62.4 Å². The summed E-state index contributed by atoms with van der Waals surface area (Å²) in [6, 6.07) is 19.9. The molecule has 5 aliphatic heterocycles. The number of nitrogens with zero attached hydrogens (tertiary/aromatic N) is 4. The zero-order valence-corrected chi connectivity index (χ0v) is 42.5. The molecule has 6 aromatic rings. The van der Waals surface area contributed by atoms with Gasteiger partial charge in [-0.2, -0.15) is 0 Å². The molecule has 4 N–H and O–H groups in total. The summed E-state index contributed by atoms with van der Waals surface area (Å²) in [6.07, 6.45) is 1.38. The molecule has 14 rings (SSSR count). The topological polar surface area (TPSA) is 230 Å². The fourth-order valence-corrected chi connectivity index (χ4v) is 14.0. The van der Waals surface area contributed by atoms with Crippen LogP contribution in [0.2, 0.25) is 0 Å². The Labute approximate surface area is 435 Å². The Morgan fingerprint density at radius 2 is 1.51 bits per heavy atom. The SMILES string of the molecule is CO[C@@H]1[C@H](N(C)C(=O)C23CC(NC(=O)CCOCCOCCOCCNc4cccc5c4C(=O)N(C4CCC(=O)NC4=O)C5=O)(C2)C3)C[C@H]2O[C@]1(C)n1c3ccccc3c3c4c(c5c6ccccc6n2c5c31)C(=O)NC4. The summed E-state index contributed by atoms with van der Waals surface area (Å²) in [5, 5.41) is 15.6. The third kappa shape index (κ3) is 7.09. The first-order chi connectivity index (χ1) is 36.8. The molecular formula is C56H58N8O12. The first-order valence-electron chi connectivity index (χ1n) is 26.2. The van der Waals surface area contributed by atoms with Crippen LogP contribution in [0.1, 0.15) is 94.7 Å². The quantitative estimate of drug-likeness (QED) is 0.0684. The van der Waals surface area contributed by atoms with E-state index >= 15 is 0 Å². The maximum Gasteiger partial charge on any atom is 0.264 e. The highest BCUT2D eigenvalue weighted by molar-refractivity contribution is 6.31. The minimum absolute atomic E-state index is 0.0367. The molecule has 2 saturated heterocycles. The number of hydrogen-bond acceptors (Lipinski definition) is 13. The van der Waals surface area contributed by atoms with Crippen LogP contribution in [0.5, 0.6) is 0 Å². The van der Waals surface area contributed by atoms with Gasteiger partial charge >= 0.3 is 0 Å². The van der Waals surface area contributed by atoms with Gasteiger partial charge in [0, 0.05) is 79.3 Å². The molecule has 7 heterocycles. The number of para-hydroxylation sites is 2. The van der Waals surface area contributed by atoms with Gasteiger partial charge in [0.05, 0.1) is 89.9 Å². The maximum absolute atomic E-state index is 14.8. The lowest BCUT2D eigenvalue weighted by molar-refractivity contribution is -0.269. The van der Waals surface area contributed by atoms with E-state index in [2.05, 4.69) is 61.6 Å². The van der Waals surface area contributed by atoms with Gasteiger partial charge in [-0.1, -0.05) is 42.5 Å². The van der Waals surface area contributed by atoms with Gasteiger partial charge in [0.2, 0.25) is 23.6 Å². The van der Waals surface area contributed by atoms with Crippen molar-refractivity contribution in [3.63, 3.8) is 0 Å². The standard InChI is InChI=1S/C56H58N8O12/c1-54-48(72-3)38(25-41(76-54)62-35-13-6-4-9-30(35)44-45-33(26-58-50(45)68)42-31-10-5-7-14-36(31)64(54)47(42)46(44)62)61(2)53(71)55-27-56(28-55,29-55)60-40(66)17-19-73-21-23-75-24-22-74-20-18-57-34-12-8-11-32-43(34)52(70)63(51(32)69)37-15-16-39(65)59-49(37)67/h4-14,37-38,41,48,57H,15-29H2,1-3H3,(H,58,68)(H,60,66)(H,59,65,67)/t37?,38-,41-,48-,54+,55?,56?/m1/s1. The van der Waals surface area contributed by atoms with Crippen LogP contribution < -0.4 is 21.3 Å². The number of fused-ring (bicyclic) bond motifs is 14. The Balaban J connectivity index is 0.579. The van der Waals surface area contributed by atoms with E-state index in [1.165, 1.54) is 0 Å². The first kappa shape index (κ1) is 48.4. The van der Waals surface area contributed by atoms with Gasteiger partial charge in [-0.25, -0.2) is 0 Å². The Bertz CT molecular complexity index is 3510. The van der Waals surface area contributed by atoms with E-state index in [0.717, 1.165) is 54.1 Å². The van der Waals surface area contributed by atoms with Crippen LogP contribution in [-0.4, -0.2) is 144 Å². The van der Waals surface area contributed by atoms with Crippen LogP contribution in [0.3, 0.4) is 0 Å². The van der Waals surface area contributed by atoms with Crippen molar-refractivity contribution in [3.8, 4) is 0 Å². The fraction of sp³-hybridized carbons (Fsp3) is 0.446. The maximum atomic E-state index is 14.8. The predicted octanol–water partition coefficient (Wildman–Crippen LogP) is 4.59. The minimum Gasteiger partial charge on any atom is -0.382 e. The Hall–Kier alpha value is -7.23. The van der Waals surface area contributed by atoms with Crippen molar-refractivity contribution in [2.75, 3.05) is 65.7 Å². The molecule has 2 aromatic heterocycles. The van der Waals surface area contributed by atoms with Crippen molar-refractivity contribution in [1.29, 1.82) is 0 Å². The van der Waals surface area contributed by atoms with Gasteiger partial charge in [0.15, 0.2) is 5.72 Å². The van der Waals surface area contributed by atoms with Crippen LogP contribution in [-0.2, 0) is 55.1 Å². The van der Waals surface area contributed by atoms with E-state index in [1.54, 1.807) is 25.3 Å². The van der Waals surface area contributed by atoms with Crippen molar-refractivity contribution in [1.82, 2.24) is 34.9 Å². The number of aromatic nitrogens is 2. The minimum atomic E-state index is -1.07. The van der Waals surface area contributed by atoms with Gasteiger partial charge < -0.3 is 53.7 Å². The molecule has 0 spiro atoms. The predicted molar refractivity (Wildman–Crippen MR) is 275 cm³/mol. The number of nitrogens with one attached hydrogen (secondary N) is 4. The zero-order chi connectivity index (χ0) is 52.4. The lowest BCUT2D eigenvalue weighted by atomic mass is 9.39. The van der Waals surface area contributed by atoms with Crippen LogP contribution in [0.4, 0.5) is 5.69 Å². The van der Waals surface area contributed by atoms with Crippen molar-refractivity contribution < 1.29 is 57.2 Å². The summed E-state index contributed by atoms with van der Waals surface area (Å²) in [7, 11) is 3.57. The number of carbonyl (C=O) groups excluding carboxylic acids is 7. The Morgan fingerprint density at radius 3 is 2.25 bits per heavy atom. The molecule has 8 aliphatic rings. The number of amides is 7.